The summed E-state index contributed by atoms with van der Waals surface area (Å²) in [5, 5.41) is 0. The van der Waals surface area contributed by atoms with E-state index in [4.69, 9.17) is 0 Å². The number of amides is 2. The molecule has 8 heteroatoms. The van der Waals surface area contributed by atoms with Crippen molar-refractivity contribution in [2.75, 3.05) is 32.7 Å². The van der Waals surface area contributed by atoms with Crippen LogP contribution in [0.4, 0.5) is 0 Å². The topological polar surface area (TPSA) is 52.9 Å². The van der Waals surface area contributed by atoms with Crippen molar-refractivity contribution in [3.63, 3.8) is 0 Å². The molecule has 4 rings (SSSR count). The van der Waals surface area contributed by atoms with Gasteiger partial charge in [-0.15, -0.1) is 0 Å². The van der Waals surface area contributed by atoms with Gasteiger partial charge < -0.3 is 4.90 Å². The second-order valence-electron chi connectivity index (χ2n) is 21.1. The molecule has 0 saturated heterocycles. The average molecular weight is 977 g/mol. The minimum atomic E-state index is 0.156. The zero-order chi connectivity index (χ0) is 51.3. The Balaban J connectivity index is 1.63. The van der Waals surface area contributed by atoms with Crippen LogP contribution < -0.4 is 18.3 Å². The van der Waals surface area contributed by atoms with Crippen LogP contribution in [-0.2, 0) is 35.8 Å². The molecule has 5 unspecified atom stereocenters. The third-order valence-corrected chi connectivity index (χ3v) is 15.8. The zero-order valence-corrected chi connectivity index (χ0v) is 46.8. The van der Waals surface area contributed by atoms with Gasteiger partial charge in [0.1, 0.15) is 26.2 Å². The summed E-state index contributed by atoms with van der Waals surface area (Å²) in [4.78, 5) is 30.5. The first kappa shape index (κ1) is 59.3. The van der Waals surface area contributed by atoms with Gasteiger partial charge in [0.15, 0.2) is 47.6 Å². The van der Waals surface area contributed by atoms with Gasteiger partial charge in [-0.1, -0.05) is 111 Å². The van der Waals surface area contributed by atoms with E-state index in [1.54, 1.807) is 6.92 Å². The van der Waals surface area contributed by atoms with Crippen molar-refractivity contribution in [1.29, 1.82) is 0 Å². The van der Waals surface area contributed by atoms with Crippen molar-refractivity contribution in [3.8, 4) is 0 Å². The van der Waals surface area contributed by atoms with Crippen LogP contribution in [0, 0.1) is 0 Å². The maximum atomic E-state index is 14.6. The number of rotatable bonds is 37. The van der Waals surface area contributed by atoms with E-state index in [-0.39, 0.29) is 17.7 Å². The van der Waals surface area contributed by atoms with Gasteiger partial charge in [-0.25, -0.2) is 23.1 Å². The highest BCUT2D eigenvalue weighted by Crippen LogP contribution is 2.34. The Hall–Kier alpha value is -4.30. The van der Waals surface area contributed by atoms with E-state index in [1.807, 2.05) is 6.92 Å². The maximum Gasteiger partial charge on any atom is 0.310 e. The van der Waals surface area contributed by atoms with Gasteiger partial charge >= 0.3 is 5.91 Å². The molecular weight excluding hydrogens is 873 g/mol. The maximum absolute atomic E-state index is 14.6. The van der Waals surface area contributed by atoms with Crippen molar-refractivity contribution < 1.29 is 32.3 Å². The first-order valence-electron chi connectivity index (χ1n) is 29.2. The van der Waals surface area contributed by atoms with Crippen LogP contribution in [0.3, 0.4) is 0 Å². The Labute approximate surface area is 434 Å². The molecule has 0 N–H and O–H groups in total. The van der Waals surface area contributed by atoms with Crippen LogP contribution in [0.5, 0.6) is 0 Å². The van der Waals surface area contributed by atoms with Crippen molar-refractivity contribution in [2.45, 2.75) is 234 Å². The fraction of sp³-hybridized carbons (Fsp3) is 0.651. The number of aryl methyl sites for hydroxylation is 4. The summed E-state index contributed by atoms with van der Waals surface area (Å²) in [6.07, 6.45) is 29.9. The van der Waals surface area contributed by atoms with Crippen molar-refractivity contribution in [3.05, 3.63) is 120 Å². The summed E-state index contributed by atoms with van der Waals surface area (Å²) >= 11 is 0. The first-order valence-corrected chi connectivity index (χ1v) is 29.2. The Kier molecular flexibility index (Phi) is 27.9. The van der Waals surface area contributed by atoms with Crippen LogP contribution in [0.1, 0.15) is 231 Å². The lowest BCUT2D eigenvalue weighted by Gasteiger charge is -2.38. The molecule has 8 nitrogen and oxygen atoms in total. The van der Waals surface area contributed by atoms with Gasteiger partial charge in [0, 0.05) is 106 Å². The summed E-state index contributed by atoms with van der Waals surface area (Å²) in [6, 6.07) is 26.9. The van der Waals surface area contributed by atoms with Gasteiger partial charge in [-0.2, -0.15) is 0 Å². The number of hydrogen-bond donors (Lipinski definition) is 0. The fourth-order valence-corrected chi connectivity index (χ4v) is 11.4. The number of aromatic nitrogens is 4. The Morgan fingerprint density at radius 1 is 0.451 bits per heavy atom. The van der Waals surface area contributed by atoms with Crippen LogP contribution in [-0.4, -0.2) is 53.9 Å². The van der Waals surface area contributed by atoms with Crippen molar-refractivity contribution >= 4 is 11.8 Å². The van der Waals surface area contributed by atoms with Gasteiger partial charge in [-0.3, -0.25) is 9.28 Å². The molecule has 5 atom stereocenters. The van der Waals surface area contributed by atoms with Crippen LogP contribution in [0.2, 0.25) is 0 Å². The summed E-state index contributed by atoms with van der Waals surface area (Å²) in [6.45, 7) is 27.8. The highest BCUT2D eigenvalue weighted by molar-refractivity contribution is 5.73. The number of quaternary nitrogens is 1. The Morgan fingerprint density at radius 2 is 0.817 bits per heavy atom. The van der Waals surface area contributed by atoms with Crippen LogP contribution >= 0.6 is 0 Å². The summed E-state index contributed by atoms with van der Waals surface area (Å²) < 4.78 is 10.5. The zero-order valence-electron chi connectivity index (χ0n) is 46.8. The Morgan fingerprint density at radius 3 is 1.18 bits per heavy atom. The normalized spacial score (nSPS) is 14.2. The van der Waals surface area contributed by atoms with Gasteiger partial charge in [-0.05, 0) is 57.8 Å². The van der Waals surface area contributed by atoms with Crippen LogP contribution in [0.15, 0.2) is 97.6 Å². The number of carbonyl (C=O) groups is 2. The Bertz CT molecular complexity index is 2100. The summed E-state index contributed by atoms with van der Waals surface area (Å²) in [5.74, 6) is 1.65. The second-order valence-corrected chi connectivity index (χ2v) is 21.1. The molecule has 4 heterocycles. The molecule has 0 radical (unpaired) electrons. The third-order valence-electron chi connectivity index (χ3n) is 15.8. The molecule has 0 aliphatic heterocycles. The monoisotopic (exact) mass is 976 g/mol. The van der Waals surface area contributed by atoms with E-state index in [0.29, 0.717) is 28.8 Å². The highest BCUT2D eigenvalue weighted by Gasteiger charge is 2.41. The predicted molar refractivity (Wildman–Crippen MR) is 293 cm³/mol. The largest absolute Gasteiger partial charge is 0.342 e. The molecule has 392 valence electrons. The number of nitrogens with zero attached hydrogens (tertiary/aromatic N) is 6. The molecule has 71 heavy (non-hydrogen) atoms. The average Bonchev–Trinajstić information content (AvgIpc) is 3.39. The minimum absolute atomic E-state index is 0.156. The molecular formula is C63H103N6O2+5. The molecule has 2 amide bonds. The number of hydrogen-bond acceptors (Lipinski definition) is 2. The number of carbonyl (C=O) groups excluding carboxylic acids is 2. The highest BCUT2D eigenvalue weighted by atomic mass is 16.2. The minimum Gasteiger partial charge on any atom is -0.342 e. The van der Waals surface area contributed by atoms with E-state index < -0.39 is 0 Å². The van der Waals surface area contributed by atoms with Gasteiger partial charge in [0.05, 0.1) is 38.4 Å². The molecule has 4 aromatic rings. The summed E-state index contributed by atoms with van der Waals surface area (Å²) in [5.41, 5.74) is 5.55. The molecule has 4 aromatic heterocycles. The van der Waals surface area contributed by atoms with E-state index in [1.165, 1.54) is 61.3 Å². The quantitative estimate of drug-likeness (QED) is 0.0257. The van der Waals surface area contributed by atoms with Gasteiger partial charge in [0.2, 0.25) is 5.91 Å². The lowest BCUT2D eigenvalue weighted by molar-refractivity contribution is -0.857. The molecule has 0 aliphatic carbocycles. The standard InChI is InChI=1S/C63H103N6O2/c1-10-17-22-33-48-69(55(9)71,53-59(63-38-27-32-46-67(63)42-21-14-5)51-57(16-7)61-36-25-30-44-65(61)40-19-12-3)49-34-23-28-47-68(54(8)70)52-58(62-37-26-31-45-66(62)41-20-13-4)50-56(15-6)60-35-24-29-43-64(60)39-18-11-2/h24-27,29-32,35-38,43-46,56-59H,10-23,28,33-34,39-42,47-53H2,1-9H3/q+5. The number of pyridine rings is 4. The lowest BCUT2D eigenvalue weighted by Crippen LogP contribution is -2.56. The van der Waals surface area contributed by atoms with E-state index in [0.717, 1.165) is 136 Å². The third kappa shape index (κ3) is 18.9. The van der Waals surface area contributed by atoms with E-state index in [9.17, 15) is 9.59 Å². The van der Waals surface area contributed by atoms with E-state index in [2.05, 4.69) is 169 Å². The smallest absolute Gasteiger partial charge is 0.310 e. The van der Waals surface area contributed by atoms with E-state index >= 15 is 0 Å². The fourth-order valence-electron chi connectivity index (χ4n) is 11.4. The molecule has 0 saturated carbocycles. The molecule has 0 fully saturated rings. The van der Waals surface area contributed by atoms with Crippen LogP contribution in [0.25, 0.3) is 0 Å². The molecule has 0 spiro atoms. The molecule has 0 aromatic carbocycles. The SMILES string of the molecule is CCCCCC[N+](CCCCCN(CC(CC(CC)c1cccc[n+]1CCCC)c1cccc[n+]1CCCC)C(C)=O)(CC(CC(CC)c1cccc[n+]1CCCC)c1cccc[n+]1CCCC)C(C)=O. The lowest BCUT2D eigenvalue weighted by atomic mass is 9.85. The molecule has 0 aliphatic rings. The summed E-state index contributed by atoms with van der Waals surface area (Å²) in [7, 11) is 0. The first-order chi connectivity index (χ1) is 34.6. The van der Waals surface area contributed by atoms with Crippen molar-refractivity contribution in [1.82, 2.24) is 4.90 Å². The second kappa shape index (κ2) is 33.4. The molecule has 0 bridgehead atoms. The predicted octanol–water partition coefficient (Wildman–Crippen LogP) is 13.0. The van der Waals surface area contributed by atoms with Crippen molar-refractivity contribution in [2.24, 2.45) is 0 Å². The van der Waals surface area contributed by atoms with Gasteiger partial charge in [0.25, 0.3) is 0 Å². The number of unbranched alkanes of at least 4 members (excludes halogenated alkanes) is 9.